The average Bonchev–Trinajstić information content (AvgIpc) is 1.96. The maximum atomic E-state index is 2.24. The fourth-order valence-electron chi connectivity index (χ4n) is 0. The van der Waals surface area contributed by atoms with Crippen molar-refractivity contribution in [2.24, 2.45) is 11.8 Å². The molecule has 0 N–H and O–H groups in total. The molecule has 0 saturated heterocycles. The van der Waals surface area contributed by atoms with Crippen molar-refractivity contribution in [2.45, 2.75) is 55.4 Å². The van der Waals surface area contributed by atoms with E-state index in [0.717, 1.165) is 11.8 Å². The summed E-state index contributed by atoms with van der Waals surface area (Å²) in [5, 5.41) is 0. The lowest BCUT2D eigenvalue weighted by molar-refractivity contribution is 0.457. The van der Waals surface area contributed by atoms with Crippen LogP contribution in [0.5, 0.6) is 0 Å². The summed E-state index contributed by atoms with van der Waals surface area (Å²) in [5.41, 5.74) is 0. The van der Waals surface area contributed by atoms with Crippen LogP contribution in [-0.2, 0) is 0 Å². The molecule has 0 atom stereocenters. The lowest BCUT2D eigenvalue weighted by Crippen LogP contribution is -1.95. The molecule has 0 fully saturated rings. The van der Waals surface area contributed by atoms with Gasteiger partial charge in [0.2, 0.25) is 0 Å². The molecule has 0 amide bonds. The third-order valence-electron chi connectivity index (χ3n) is 1.33. The zero-order chi connectivity index (χ0) is 9.15. The van der Waals surface area contributed by atoms with Gasteiger partial charge in [-0.1, -0.05) is 55.4 Å². The molecule has 0 saturated carbocycles. The van der Waals surface area contributed by atoms with Gasteiger partial charge in [-0.05, 0) is 11.8 Å². The molecular weight excluding hydrogens is 120 g/mol. The van der Waals surface area contributed by atoms with Gasteiger partial charge in [0.15, 0.2) is 0 Å². The summed E-state index contributed by atoms with van der Waals surface area (Å²) in [7, 11) is 0. The van der Waals surface area contributed by atoms with E-state index in [-0.39, 0.29) is 0 Å². The SMILES string of the molecule is CC.CC.CC(C)C(C)C. The molecule has 0 heterocycles. The van der Waals surface area contributed by atoms with E-state index in [0.29, 0.717) is 0 Å². The van der Waals surface area contributed by atoms with Gasteiger partial charge < -0.3 is 0 Å². The molecule has 0 unspecified atom stereocenters. The van der Waals surface area contributed by atoms with E-state index in [2.05, 4.69) is 27.7 Å². The molecule has 0 aromatic rings. The van der Waals surface area contributed by atoms with Gasteiger partial charge in [-0.25, -0.2) is 0 Å². The van der Waals surface area contributed by atoms with E-state index in [1.807, 2.05) is 27.7 Å². The van der Waals surface area contributed by atoms with Crippen molar-refractivity contribution in [2.75, 3.05) is 0 Å². The van der Waals surface area contributed by atoms with Gasteiger partial charge in [-0.3, -0.25) is 0 Å². The van der Waals surface area contributed by atoms with E-state index in [4.69, 9.17) is 0 Å². The first-order valence-corrected chi connectivity index (χ1v) is 4.64. The second-order valence-corrected chi connectivity index (χ2v) is 2.49. The third kappa shape index (κ3) is 24.5. The molecule has 10 heavy (non-hydrogen) atoms. The fourth-order valence-corrected chi connectivity index (χ4v) is 0. The summed E-state index contributed by atoms with van der Waals surface area (Å²) in [6.07, 6.45) is 0. The summed E-state index contributed by atoms with van der Waals surface area (Å²) in [6.45, 7) is 17.0. The molecule has 0 spiro atoms. The van der Waals surface area contributed by atoms with E-state index in [1.165, 1.54) is 0 Å². The summed E-state index contributed by atoms with van der Waals surface area (Å²) in [5.74, 6) is 1.70. The van der Waals surface area contributed by atoms with Gasteiger partial charge in [-0.2, -0.15) is 0 Å². The van der Waals surface area contributed by atoms with Crippen LogP contribution in [0.4, 0.5) is 0 Å². The minimum atomic E-state index is 0.852. The molecular formula is C10H26. The Morgan fingerprint density at radius 1 is 0.500 bits per heavy atom. The quantitative estimate of drug-likeness (QED) is 0.516. The Balaban J connectivity index is -0.000000105. The summed E-state index contributed by atoms with van der Waals surface area (Å²) >= 11 is 0. The second kappa shape index (κ2) is 16.0. The first-order chi connectivity index (χ1) is 4.64. The smallest absolute Gasteiger partial charge is 0.0448 e. The zero-order valence-corrected chi connectivity index (χ0v) is 9.15. The van der Waals surface area contributed by atoms with Crippen LogP contribution in [0.2, 0.25) is 0 Å². The van der Waals surface area contributed by atoms with Crippen LogP contribution in [0.15, 0.2) is 0 Å². The third-order valence-corrected chi connectivity index (χ3v) is 1.33. The highest BCUT2D eigenvalue weighted by atomic mass is 14.0. The normalized spacial score (nSPS) is 7.80. The molecule has 66 valence electrons. The van der Waals surface area contributed by atoms with Gasteiger partial charge in [-0.15, -0.1) is 0 Å². The van der Waals surface area contributed by atoms with E-state index >= 15 is 0 Å². The van der Waals surface area contributed by atoms with Crippen molar-refractivity contribution < 1.29 is 0 Å². The largest absolute Gasteiger partial charge is 0.0683 e. The summed E-state index contributed by atoms with van der Waals surface area (Å²) in [4.78, 5) is 0. The molecule has 0 aliphatic rings. The standard InChI is InChI=1S/C6H14.2C2H6/c1-5(2)6(3)4;2*1-2/h5-6H,1-4H3;2*1-2H3. The number of hydrogen-bond acceptors (Lipinski definition) is 0. The summed E-state index contributed by atoms with van der Waals surface area (Å²) < 4.78 is 0. The van der Waals surface area contributed by atoms with Crippen molar-refractivity contribution in [3.05, 3.63) is 0 Å². The first-order valence-electron chi connectivity index (χ1n) is 4.64. The zero-order valence-electron chi connectivity index (χ0n) is 9.15. The van der Waals surface area contributed by atoms with Crippen LogP contribution in [0.1, 0.15) is 55.4 Å². The van der Waals surface area contributed by atoms with Crippen LogP contribution in [0.3, 0.4) is 0 Å². The summed E-state index contributed by atoms with van der Waals surface area (Å²) in [6, 6.07) is 0. The van der Waals surface area contributed by atoms with Crippen molar-refractivity contribution in [1.29, 1.82) is 0 Å². The van der Waals surface area contributed by atoms with Crippen molar-refractivity contribution in [3.8, 4) is 0 Å². The minimum Gasteiger partial charge on any atom is -0.0683 e. The molecule has 0 radical (unpaired) electrons. The van der Waals surface area contributed by atoms with Crippen molar-refractivity contribution in [3.63, 3.8) is 0 Å². The maximum absolute atomic E-state index is 2.24. The van der Waals surface area contributed by atoms with E-state index in [1.54, 1.807) is 0 Å². The Morgan fingerprint density at radius 2 is 0.600 bits per heavy atom. The van der Waals surface area contributed by atoms with Crippen LogP contribution in [0, 0.1) is 11.8 Å². The highest BCUT2D eigenvalue weighted by Crippen LogP contribution is 2.05. The van der Waals surface area contributed by atoms with Crippen LogP contribution < -0.4 is 0 Å². The molecule has 0 aliphatic carbocycles. The van der Waals surface area contributed by atoms with Crippen LogP contribution in [0.25, 0.3) is 0 Å². The van der Waals surface area contributed by atoms with Gasteiger partial charge in [0.1, 0.15) is 0 Å². The molecule has 0 rings (SSSR count). The van der Waals surface area contributed by atoms with Gasteiger partial charge in [0, 0.05) is 0 Å². The molecule has 0 aromatic carbocycles. The first kappa shape index (κ1) is 16.5. The Hall–Kier alpha value is 0. The monoisotopic (exact) mass is 146 g/mol. The highest BCUT2D eigenvalue weighted by Gasteiger charge is 1.95. The maximum Gasteiger partial charge on any atom is -0.0448 e. The van der Waals surface area contributed by atoms with Crippen LogP contribution >= 0.6 is 0 Å². The Bertz CT molecular complexity index is 21.0. The molecule has 0 aromatic heterocycles. The molecule has 0 aliphatic heterocycles. The lowest BCUT2D eigenvalue weighted by atomic mass is 10.0. The molecule has 0 heteroatoms. The molecule has 0 bridgehead atoms. The second-order valence-electron chi connectivity index (χ2n) is 2.49. The van der Waals surface area contributed by atoms with Gasteiger partial charge in [0.25, 0.3) is 0 Å². The number of rotatable bonds is 1. The van der Waals surface area contributed by atoms with Crippen molar-refractivity contribution in [1.82, 2.24) is 0 Å². The number of hydrogen-bond donors (Lipinski definition) is 0. The van der Waals surface area contributed by atoms with E-state index < -0.39 is 0 Å². The molecule has 0 nitrogen and oxygen atoms in total. The highest BCUT2D eigenvalue weighted by molar-refractivity contribution is 4.46. The Morgan fingerprint density at radius 3 is 0.600 bits per heavy atom. The Labute approximate surface area is 68.0 Å². The van der Waals surface area contributed by atoms with Crippen LogP contribution in [-0.4, -0.2) is 0 Å². The lowest BCUT2D eigenvalue weighted by Gasteiger charge is -2.05. The average molecular weight is 146 g/mol. The Kier molecular flexibility index (Phi) is 26.4. The van der Waals surface area contributed by atoms with Gasteiger partial charge in [0.05, 0.1) is 0 Å². The van der Waals surface area contributed by atoms with Crippen molar-refractivity contribution >= 4 is 0 Å². The predicted octanol–water partition coefficient (Wildman–Crippen LogP) is 4.35. The minimum absolute atomic E-state index is 0.852. The van der Waals surface area contributed by atoms with E-state index in [9.17, 15) is 0 Å². The topological polar surface area (TPSA) is 0 Å². The predicted molar refractivity (Wildman–Crippen MR) is 52.4 cm³/mol. The fraction of sp³-hybridized carbons (Fsp3) is 1.00. The van der Waals surface area contributed by atoms with Gasteiger partial charge >= 0.3 is 0 Å².